The maximum absolute atomic E-state index is 13.5. The minimum Gasteiger partial charge on any atom is -0.461 e. The molecule has 0 saturated carbocycles. The zero-order chi connectivity index (χ0) is 72.4. The molecular formula is C84H93NO19. The SMILES string of the molecule is C.C.O=C(CC(CCC(=O)OCc1ccccc1)C(=O)OCc1ccccc1)CC(CCC(=O)OCc1ccccc1)C(=O)OCc1ccccc1.O=C(CCC(CC(CC(CCC(=O)OCc1ccccc1)C(=O)OCc1ccccc1)[N+](=O)[O-])C(=O)OCc1ccccc1)OCc1ccccc1. The van der Waals surface area contributed by atoms with Crippen LogP contribution in [-0.2, 0) is 134 Å². The van der Waals surface area contributed by atoms with Crippen LogP contribution in [0.25, 0.3) is 0 Å². The fraction of sp³-hybridized carbons (Fsp3) is 0.321. The van der Waals surface area contributed by atoms with Crippen LogP contribution in [0.1, 0.15) is 136 Å². The number of Topliss-reactive ketones (excluding diaryl/α,β-unsaturated/α-hetero) is 1. The summed E-state index contributed by atoms with van der Waals surface area (Å²) in [6.07, 6.45) is -1.84. The van der Waals surface area contributed by atoms with Crippen molar-refractivity contribution < 1.29 is 86.0 Å². The Morgan fingerprint density at radius 3 is 0.635 bits per heavy atom. The molecule has 8 rings (SSSR count). The first-order valence-electron chi connectivity index (χ1n) is 33.9. The van der Waals surface area contributed by atoms with E-state index in [9.17, 15) is 53.3 Å². The summed E-state index contributed by atoms with van der Waals surface area (Å²) in [4.78, 5) is 129. The lowest BCUT2D eigenvalue weighted by molar-refractivity contribution is -0.526. The van der Waals surface area contributed by atoms with Crippen LogP contribution in [0.2, 0.25) is 0 Å². The summed E-state index contributed by atoms with van der Waals surface area (Å²) in [5.41, 5.74) is 6.22. The molecule has 20 heteroatoms. The van der Waals surface area contributed by atoms with Crippen molar-refractivity contribution in [3.63, 3.8) is 0 Å². The Morgan fingerprint density at radius 1 is 0.269 bits per heavy atom. The lowest BCUT2D eigenvalue weighted by atomic mass is 9.88. The van der Waals surface area contributed by atoms with Crippen LogP contribution in [0.4, 0.5) is 0 Å². The highest BCUT2D eigenvalue weighted by Crippen LogP contribution is 2.28. The summed E-state index contributed by atoms with van der Waals surface area (Å²) in [7, 11) is 0. The first-order chi connectivity index (χ1) is 49.6. The van der Waals surface area contributed by atoms with E-state index in [1.165, 1.54) is 0 Å². The van der Waals surface area contributed by atoms with Crippen LogP contribution in [0.15, 0.2) is 243 Å². The predicted molar refractivity (Wildman–Crippen MR) is 389 cm³/mol. The zero-order valence-corrected chi connectivity index (χ0v) is 56.8. The zero-order valence-electron chi connectivity index (χ0n) is 56.8. The number of carbonyl (C=O) groups excluding carboxylic acids is 9. The van der Waals surface area contributed by atoms with Gasteiger partial charge in [-0.15, -0.1) is 0 Å². The van der Waals surface area contributed by atoms with E-state index in [0.717, 1.165) is 44.5 Å². The van der Waals surface area contributed by atoms with Gasteiger partial charge in [0.15, 0.2) is 0 Å². The van der Waals surface area contributed by atoms with Gasteiger partial charge in [0.05, 0.1) is 23.7 Å². The average molecular weight is 1420 g/mol. The van der Waals surface area contributed by atoms with Crippen molar-refractivity contribution in [2.24, 2.45) is 23.7 Å². The van der Waals surface area contributed by atoms with Crippen LogP contribution in [-0.4, -0.2) is 64.5 Å². The first-order valence-corrected chi connectivity index (χ1v) is 33.9. The Hall–Kier alpha value is -11.4. The Bertz CT molecular complexity index is 3610. The van der Waals surface area contributed by atoms with Gasteiger partial charge in [-0.3, -0.25) is 53.3 Å². The molecule has 0 bridgehead atoms. The molecule has 0 radical (unpaired) electrons. The molecule has 0 aromatic heterocycles. The smallest absolute Gasteiger partial charge is 0.309 e. The van der Waals surface area contributed by atoms with Crippen molar-refractivity contribution >= 4 is 53.5 Å². The van der Waals surface area contributed by atoms with E-state index in [2.05, 4.69) is 0 Å². The van der Waals surface area contributed by atoms with Crippen LogP contribution in [0, 0.1) is 33.8 Å². The molecule has 0 amide bonds. The fourth-order valence-electron chi connectivity index (χ4n) is 10.6. The van der Waals surface area contributed by atoms with Gasteiger partial charge in [0.25, 0.3) is 0 Å². The van der Waals surface area contributed by atoms with Gasteiger partial charge in [0.2, 0.25) is 6.04 Å². The molecule has 0 aliphatic rings. The standard InChI is InChI=1S/C41H43NO10.C41H42O9.2CH4/c43-38(49-27-31-13-5-1-6-14-31)23-21-35(40(45)51-29-33-17-9-3-10-18-33)25-37(42(47)48)26-36(41(46)52-30-34-19-11-4-12-20-34)22-24-39(44)50-28-32-15-7-2-8-16-32;42-37(25-35(40(45)49-29-33-17-9-3-10-18-33)21-23-38(43)47-27-31-13-5-1-6-14-31)26-36(41(46)50-30-34-19-11-4-12-20-34)22-24-39(44)48-28-32-15-7-2-8-16-32;;/h1-20,35-37H,21-30H2;1-20,35-36H,21-30H2;2*1H4. The molecule has 8 aromatic rings. The summed E-state index contributed by atoms with van der Waals surface area (Å²) < 4.78 is 43.7. The minimum absolute atomic E-state index is 0. The second kappa shape index (κ2) is 47.7. The molecule has 20 nitrogen and oxygen atoms in total. The van der Waals surface area contributed by atoms with Crippen molar-refractivity contribution in [2.75, 3.05) is 0 Å². The summed E-state index contributed by atoms with van der Waals surface area (Å²) >= 11 is 0. The lowest BCUT2D eigenvalue weighted by Crippen LogP contribution is -2.33. The number of hydrogen-bond acceptors (Lipinski definition) is 19. The fourth-order valence-corrected chi connectivity index (χ4v) is 10.6. The van der Waals surface area contributed by atoms with Crippen molar-refractivity contribution in [3.05, 3.63) is 297 Å². The number of ketones is 1. The largest absolute Gasteiger partial charge is 0.461 e. The molecule has 0 aliphatic heterocycles. The maximum Gasteiger partial charge on any atom is 0.309 e. The maximum atomic E-state index is 13.5. The molecular weight excluding hydrogens is 1330 g/mol. The van der Waals surface area contributed by atoms with Crippen LogP contribution < -0.4 is 0 Å². The number of carbonyl (C=O) groups is 9. The molecule has 8 aromatic carbocycles. The number of rotatable bonds is 41. The Kier molecular flexibility index (Phi) is 38.1. The van der Waals surface area contributed by atoms with Crippen molar-refractivity contribution in [3.8, 4) is 0 Å². The number of nitrogens with zero attached hydrogens (tertiary/aromatic N) is 1. The lowest BCUT2D eigenvalue weighted by Gasteiger charge is -2.21. The quantitative estimate of drug-likeness (QED) is 0.0149. The topological polar surface area (TPSA) is 271 Å². The van der Waals surface area contributed by atoms with Gasteiger partial charge in [-0.2, -0.15) is 0 Å². The third-order valence-electron chi connectivity index (χ3n) is 16.3. The van der Waals surface area contributed by atoms with Gasteiger partial charge in [0.1, 0.15) is 58.6 Å². The highest BCUT2D eigenvalue weighted by Gasteiger charge is 2.37. The summed E-state index contributed by atoms with van der Waals surface area (Å²) in [6.45, 7) is 0.144. The normalized spacial score (nSPS) is 11.9. The monoisotopic (exact) mass is 1420 g/mol. The molecule has 104 heavy (non-hydrogen) atoms. The van der Waals surface area contributed by atoms with E-state index in [1.54, 1.807) is 48.5 Å². The number of nitro groups is 1. The molecule has 0 saturated heterocycles. The van der Waals surface area contributed by atoms with Crippen molar-refractivity contribution in [1.29, 1.82) is 0 Å². The first kappa shape index (κ1) is 83.3. The molecule has 0 heterocycles. The molecule has 0 spiro atoms. The number of esters is 8. The summed E-state index contributed by atoms with van der Waals surface area (Å²) in [6, 6.07) is 71.3. The molecule has 0 N–H and O–H groups in total. The Labute approximate surface area is 608 Å². The highest BCUT2D eigenvalue weighted by molar-refractivity contribution is 5.88. The van der Waals surface area contributed by atoms with Gasteiger partial charge >= 0.3 is 47.8 Å². The number of benzene rings is 8. The van der Waals surface area contributed by atoms with E-state index < -0.39 is 88.2 Å². The third kappa shape index (κ3) is 32.9. The Balaban J connectivity index is 0.000000367. The van der Waals surface area contributed by atoms with Gasteiger partial charge in [-0.05, 0) is 70.2 Å². The molecule has 548 valence electrons. The van der Waals surface area contributed by atoms with Crippen LogP contribution in [0.5, 0.6) is 0 Å². The summed E-state index contributed by atoms with van der Waals surface area (Å²) in [5, 5.41) is 12.5. The van der Waals surface area contributed by atoms with E-state index in [1.807, 2.05) is 194 Å². The van der Waals surface area contributed by atoms with Gasteiger partial charge in [-0.1, -0.05) is 258 Å². The summed E-state index contributed by atoms with van der Waals surface area (Å²) in [5.74, 6) is -9.27. The predicted octanol–water partition coefficient (Wildman–Crippen LogP) is 15.6. The van der Waals surface area contributed by atoms with E-state index in [0.29, 0.717) is 0 Å². The van der Waals surface area contributed by atoms with Crippen molar-refractivity contribution in [2.45, 2.75) is 151 Å². The second-order valence-corrected chi connectivity index (χ2v) is 24.3. The van der Waals surface area contributed by atoms with E-state index in [-0.39, 0.29) is 145 Å². The number of hydrogen-bond donors (Lipinski definition) is 0. The highest BCUT2D eigenvalue weighted by atomic mass is 16.6. The third-order valence-corrected chi connectivity index (χ3v) is 16.3. The second-order valence-electron chi connectivity index (χ2n) is 24.3. The van der Waals surface area contributed by atoms with Gasteiger partial charge in [0, 0.05) is 56.3 Å². The molecule has 0 fully saturated rings. The number of ether oxygens (including phenoxy) is 8. The van der Waals surface area contributed by atoms with Crippen molar-refractivity contribution in [1.82, 2.24) is 0 Å². The molecule has 0 aliphatic carbocycles. The van der Waals surface area contributed by atoms with Crippen LogP contribution in [0.3, 0.4) is 0 Å². The minimum atomic E-state index is -1.40. The van der Waals surface area contributed by atoms with Crippen LogP contribution >= 0.6 is 0 Å². The van der Waals surface area contributed by atoms with E-state index >= 15 is 0 Å². The average Bonchev–Trinajstić information content (AvgIpc) is 0.872. The van der Waals surface area contributed by atoms with Gasteiger partial charge in [-0.25, -0.2) is 0 Å². The molecule has 4 unspecified atom stereocenters. The molecule has 4 atom stereocenters. The van der Waals surface area contributed by atoms with Gasteiger partial charge < -0.3 is 37.9 Å². The Morgan fingerprint density at radius 2 is 0.442 bits per heavy atom. The van der Waals surface area contributed by atoms with E-state index in [4.69, 9.17) is 37.9 Å².